The molecule has 1 aromatic carbocycles. The summed E-state index contributed by atoms with van der Waals surface area (Å²) in [6, 6.07) is 5.20. The van der Waals surface area contributed by atoms with Crippen molar-refractivity contribution in [2.75, 3.05) is 0 Å². The van der Waals surface area contributed by atoms with Crippen molar-refractivity contribution in [2.24, 2.45) is 5.92 Å². The molecule has 0 aliphatic heterocycles. The molecule has 0 unspecified atom stereocenters. The maximum absolute atomic E-state index is 11.8. The molecule has 0 radical (unpaired) electrons. The van der Waals surface area contributed by atoms with Crippen LogP contribution in [0, 0.1) is 16.0 Å². The third kappa shape index (κ3) is 5.36. The fourth-order valence-corrected chi connectivity index (χ4v) is 2.81. The second-order valence-corrected chi connectivity index (χ2v) is 5.85. The van der Waals surface area contributed by atoms with E-state index in [0.717, 1.165) is 6.42 Å². The molecule has 124 valence electrons. The fraction of sp³-hybridized carbons (Fsp3) is 0.500. The van der Waals surface area contributed by atoms with Crippen LogP contribution in [0.4, 0.5) is 5.69 Å². The third-order valence-corrected chi connectivity index (χ3v) is 4.16. The summed E-state index contributed by atoms with van der Waals surface area (Å²) in [5.41, 5.74) is 4.88. The summed E-state index contributed by atoms with van der Waals surface area (Å²) in [7, 11) is 0. The van der Waals surface area contributed by atoms with Crippen molar-refractivity contribution in [3.63, 3.8) is 0 Å². The maximum atomic E-state index is 11.8. The minimum atomic E-state index is -0.533. The number of nitro benzene ring substituents is 1. The monoisotopic (exact) mass is 319 g/mol. The van der Waals surface area contributed by atoms with Crippen molar-refractivity contribution in [1.29, 1.82) is 0 Å². The summed E-state index contributed by atoms with van der Waals surface area (Å²) < 4.78 is 0. The SMILES string of the molecule is O=C(CCC1CCCCC1)NNC(=O)c1ccc([N+](=O)[O-])cc1. The van der Waals surface area contributed by atoms with Crippen LogP contribution in [0.5, 0.6) is 0 Å². The zero-order chi connectivity index (χ0) is 16.7. The van der Waals surface area contributed by atoms with Gasteiger partial charge in [-0.15, -0.1) is 0 Å². The fourth-order valence-electron chi connectivity index (χ4n) is 2.81. The van der Waals surface area contributed by atoms with Crippen LogP contribution >= 0.6 is 0 Å². The first-order valence-electron chi connectivity index (χ1n) is 7.90. The first-order valence-corrected chi connectivity index (χ1v) is 7.90. The van der Waals surface area contributed by atoms with Crippen LogP contribution in [-0.4, -0.2) is 16.7 Å². The zero-order valence-corrected chi connectivity index (χ0v) is 12.9. The van der Waals surface area contributed by atoms with Crippen LogP contribution in [-0.2, 0) is 4.79 Å². The second kappa shape index (κ2) is 8.26. The number of amides is 2. The number of non-ortho nitro benzene ring substituents is 1. The summed E-state index contributed by atoms with van der Waals surface area (Å²) in [6.07, 6.45) is 7.37. The van der Waals surface area contributed by atoms with Gasteiger partial charge in [0, 0.05) is 24.1 Å². The van der Waals surface area contributed by atoms with Crippen molar-refractivity contribution in [2.45, 2.75) is 44.9 Å². The highest BCUT2D eigenvalue weighted by Crippen LogP contribution is 2.27. The van der Waals surface area contributed by atoms with Crippen LogP contribution < -0.4 is 10.9 Å². The Morgan fingerprint density at radius 3 is 2.35 bits per heavy atom. The van der Waals surface area contributed by atoms with Gasteiger partial charge >= 0.3 is 0 Å². The van der Waals surface area contributed by atoms with E-state index < -0.39 is 10.8 Å². The summed E-state index contributed by atoms with van der Waals surface area (Å²) in [5.74, 6) is -0.100. The minimum absolute atomic E-state index is 0.0851. The molecule has 1 aliphatic rings. The largest absolute Gasteiger partial charge is 0.273 e. The molecule has 1 aliphatic carbocycles. The summed E-state index contributed by atoms with van der Waals surface area (Å²) in [4.78, 5) is 33.6. The Hall–Kier alpha value is -2.44. The van der Waals surface area contributed by atoms with E-state index in [0.29, 0.717) is 12.3 Å². The second-order valence-electron chi connectivity index (χ2n) is 5.85. The number of hydrazine groups is 1. The van der Waals surface area contributed by atoms with Crippen molar-refractivity contribution >= 4 is 17.5 Å². The predicted molar refractivity (Wildman–Crippen MR) is 84.5 cm³/mol. The van der Waals surface area contributed by atoms with E-state index in [1.807, 2.05) is 0 Å². The molecule has 1 aromatic rings. The Bertz CT molecular complexity index is 565. The van der Waals surface area contributed by atoms with Gasteiger partial charge in [0.2, 0.25) is 5.91 Å². The standard InChI is InChI=1S/C16H21N3O4/c20-15(11-6-12-4-2-1-3-5-12)17-18-16(21)13-7-9-14(10-8-13)19(22)23/h7-10,12H,1-6,11H2,(H,17,20)(H,18,21). The van der Waals surface area contributed by atoms with E-state index in [-0.39, 0.29) is 17.2 Å². The molecule has 1 fully saturated rings. The van der Waals surface area contributed by atoms with E-state index in [2.05, 4.69) is 10.9 Å². The highest BCUT2D eigenvalue weighted by Gasteiger charge is 2.15. The average Bonchev–Trinajstić information content (AvgIpc) is 2.58. The molecule has 1 saturated carbocycles. The maximum Gasteiger partial charge on any atom is 0.269 e. The van der Waals surface area contributed by atoms with Gasteiger partial charge in [-0.2, -0.15) is 0 Å². The molecular weight excluding hydrogens is 298 g/mol. The Labute approximate surface area is 134 Å². The van der Waals surface area contributed by atoms with E-state index in [4.69, 9.17) is 0 Å². The molecule has 2 rings (SSSR count). The summed E-state index contributed by atoms with van der Waals surface area (Å²) >= 11 is 0. The van der Waals surface area contributed by atoms with Gasteiger partial charge in [-0.05, 0) is 24.5 Å². The van der Waals surface area contributed by atoms with Gasteiger partial charge in [-0.25, -0.2) is 0 Å². The number of carbonyl (C=O) groups excluding carboxylic acids is 2. The molecule has 0 heterocycles. The van der Waals surface area contributed by atoms with Gasteiger partial charge in [0.25, 0.3) is 11.6 Å². The van der Waals surface area contributed by atoms with E-state index in [1.54, 1.807) is 0 Å². The first-order chi connectivity index (χ1) is 11.1. The Morgan fingerprint density at radius 2 is 1.74 bits per heavy atom. The lowest BCUT2D eigenvalue weighted by atomic mass is 9.86. The molecule has 7 heteroatoms. The normalized spacial score (nSPS) is 15.0. The highest BCUT2D eigenvalue weighted by atomic mass is 16.6. The zero-order valence-electron chi connectivity index (χ0n) is 12.9. The molecule has 7 nitrogen and oxygen atoms in total. The van der Waals surface area contributed by atoms with Crippen molar-refractivity contribution < 1.29 is 14.5 Å². The van der Waals surface area contributed by atoms with Gasteiger partial charge in [-0.1, -0.05) is 32.1 Å². The number of carbonyl (C=O) groups is 2. The lowest BCUT2D eigenvalue weighted by Crippen LogP contribution is -2.41. The molecule has 0 atom stereocenters. The third-order valence-electron chi connectivity index (χ3n) is 4.16. The summed E-state index contributed by atoms with van der Waals surface area (Å²) in [6.45, 7) is 0. The van der Waals surface area contributed by atoms with E-state index in [9.17, 15) is 19.7 Å². The predicted octanol–water partition coefficient (Wildman–Crippen LogP) is 2.72. The molecule has 23 heavy (non-hydrogen) atoms. The number of rotatable bonds is 5. The highest BCUT2D eigenvalue weighted by molar-refractivity contribution is 5.95. The lowest BCUT2D eigenvalue weighted by molar-refractivity contribution is -0.384. The van der Waals surface area contributed by atoms with E-state index >= 15 is 0 Å². The van der Waals surface area contributed by atoms with Crippen LogP contribution in [0.25, 0.3) is 0 Å². The number of hydrogen-bond donors (Lipinski definition) is 2. The minimum Gasteiger partial charge on any atom is -0.273 e. The average molecular weight is 319 g/mol. The summed E-state index contributed by atoms with van der Waals surface area (Å²) in [5, 5.41) is 10.5. The number of hydrogen-bond acceptors (Lipinski definition) is 4. The molecular formula is C16H21N3O4. The van der Waals surface area contributed by atoms with Gasteiger partial charge < -0.3 is 0 Å². The first kappa shape index (κ1) is 16.9. The van der Waals surface area contributed by atoms with Crippen LogP contribution in [0.3, 0.4) is 0 Å². The Kier molecular flexibility index (Phi) is 6.08. The lowest BCUT2D eigenvalue weighted by Gasteiger charge is -2.20. The van der Waals surface area contributed by atoms with Crippen LogP contribution in [0.1, 0.15) is 55.3 Å². The molecule has 0 aromatic heterocycles. The Balaban J connectivity index is 1.72. The van der Waals surface area contributed by atoms with Crippen molar-refractivity contribution in [1.82, 2.24) is 10.9 Å². The number of benzene rings is 1. The van der Waals surface area contributed by atoms with Crippen LogP contribution in [0.2, 0.25) is 0 Å². The molecule has 0 bridgehead atoms. The molecule has 2 amide bonds. The van der Waals surface area contributed by atoms with Gasteiger partial charge in [0.15, 0.2) is 0 Å². The van der Waals surface area contributed by atoms with Crippen molar-refractivity contribution in [3.8, 4) is 0 Å². The Morgan fingerprint density at radius 1 is 1.09 bits per heavy atom. The quantitative estimate of drug-likeness (QED) is 0.643. The molecule has 0 spiro atoms. The van der Waals surface area contributed by atoms with E-state index in [1.165, 1.54) is 56.4 Å². The van der Waals surface area contributed by atoms with Crippen LogP contribution in [0.15, 0.2) is 24.3 Å². The number of nitro groups is 1. The van der Waals surface area contributed by atoms with Gasteiger partial charge in [-0.3, -0.25) is 30.6 Å². The number of nitrogens with one attached hydrogen (secondary N) is 2. The topological polar surface area (TPSA) is 101 Å². The van der Waals surface area contributed by atoms with Crippen molar-refractivity contribution in [3.05, 3.63) is 39.9 Å². The van der Waals surface area contributed by atoms with Gasteiger partial charge in [0.1, 0.15) is 0 Å². The smallest absolute Gasteiger partial charge is 0.269 e. The number of nitrogens with zero attached hydrogens (tertiary/aromatic N) is 1. The van der Waals surface area contributed by atoms with Gasteiger partial charge in [0.05, 0.1) is 4.92 Å². The molecule has 0 saturated heterocycles. The molecule has 2 N–H and O–H groups in total.